The van der Waals surface area contributed by atoms with E-state index in [1.807, 2.05) is 12.1 Å². The van der Waals surface area contributed by atoms with E-state index in [0.29, 0.717) is 5.92 Å². The Morgan fingerprint density at radius 1 is 1.40 bits per heavy atom. The molecule has 2 rings (SSSR count). The van der Waals surface area contributed by atoms with Crippen LogP contribution in [0.5, 0.6) is 0 Å². The van der Waals surface area contributed by atoms with Crippen LogP contribution in [0.1, 0.15) is 56.7 Å². The fourth-order valence-electron chi connectivity index (χ4n) is 2.44. The molecule has 1 aromatic rings. The Morgan fingerprint density at radius 3 is 2.73 bits per heavy atom. The van der Waals surface area contributed by atoms with E-state index in [0.717, 1.165) is 24.4 Å². The van der Waals surface area contributed by atoms with Gasteiger partial charge in [0.25, 0.3) is 0 Å². The molecule has 0 aliphatic heterocycles. The zero-order valence-electron chi connectivity index (χ0n) is 9.41. The standard InChI is InChI=1S/C13H20O2/c1-2-11-7-8-13(15-11)12(14)9-10-5-3-4-6-10/h7-8,10,12,14H,2-6,9H2,1H3. The molecule has 0 bridgehead atoms. The minimum Gasteiger partial charge on any atom is -0.463 e. The van der Waals surface area contributed by atoms with Crippen LogP contribution in [0.25, 0.3) is 0 Å². The van der Waals surface area contributed by atoms with E-state index in [2.05, 4.69) is 6.92 Å². The van der Waals surface area contributed by atoms with Gasteiger partial charge in [0.2, 0.25) is 0 Å². The predicted octanol–water partition coefficient (Wildman–Crippen LogP) is 3.46. The Bertz CT molecular complexity index is 297. The lowest BCUT2D eigenvalue weighted by atomic mass is 9.99. The normalized spacial score (nSPS) is 19.6. The van der Waals surface area contributed by atoms with E-state index in [1.54, 1.807) is 0 Å². The van der Waals surface area contributed by atoms with Gasteiger partial charge in [-0.05, 0) is 24.5 Å². The van der Waals surface area contributed by atoms with Crippen LogP contribution in [0, 0.1) is 5.92 Å². The summed E-state index contributed by atoms with van der Waals surface area (Å²) in [6.45, 7) is 2.06. The van der Waals surface area contributed by atoms with Crippen LogP contribution in [-0.2, 0) is 6.42 Å². The number of aliphatic hydroxyl groups is 1. The molecular formula is C13H20O2. The molecule has 84 valence electrons. The summed E-state index contributed by atoms with van der Waals surface area (Å²) >= 11 is 0. The monoisotopic (exact) mass is 208 g/mol. The maximum Gasteiger partial charge on any atom is 0.132 e. The highest BCUT2D eigenvalue weighted by molar-refractivity contribution is 5.09. The summed E-state index contributed by atoms with van der Waals surface area (Å²) in [6, 6.07) is 3.88. The van der Waals surface area contributed by atoms with Gasteiger partial charge in [-0.2, -0.15) is 0 Å². The maximum atomic E-state index is 10.00. The Balaban J connectivity index is 1.91. The molecule has 1 saturated carbocycles. The Hall–Kier alpha value is -0.760. The van der Waals surface area contributed by atoms with Crippen molar-refractivity contribution in [3.8, 4) is 0 Å². The quantitative estimate of drug-likeness (QED) is 0.822. The molecule has 0 amide bonds. The Morgan fingerprint density at radius 2 is 2.13 bits per heavy atom. The first-order valence-corrected chi connectivity index (χ1v) is 6.06. The van der Waals surface area contributed by atoms with Gasteiger partial charge in [-0.3, -0.25) is 0 Å². The Kier molecular flexibility index (Phi) is 3.47. The second-order valence-corrected chi connectivity index (χ2v) is 4.56. The van der Waals surface area contributed by atoms with Gasteiger partial charge in [-0.15, -0.1) is 0 Å². The maximum absolute atomic E-state index is 10.00. The molecule has 1 aliphatic rings. The fourth-order valence-corrected chi connectivity index (χ4v) is 2.44. The number of hydrogen-bond donors (Lipinski definition) is 1. The average molecular weight is 208 g/mol. The third kappa shape index (κ3) is 2.63. The molecule has 2 heteroatoms. The molecule has 0 radical (unpaired) electrons. The lowest BCUT2D eigenvalue weighted by Gasteiger charge is -2.12. The molecule has 1 fully saturated rings. The van der Waals surface area contributed by atoms with Crippen molar-refractivity contribution >= 4 is 0 Å². The lowest BCUT2D eigenvalue weighted by molar-refractivity contribution is 0.119. The molecule has 2 nitrogen and oxygen atoms in total. The van der Waals surface area contributed by atoms with E-state index in [4.69, 9.17) is 4.42 Å². The van der Waals surface area contributed by atoms with Gasteiger partial charge in [0, 0.05) is 6.42 Å². The van der Waals surface area contributed by atoms with Crippen molar-refractivity contribution in [3.63, 3.8) is 0 Å². The molecule has 1 N–H and O–H groups in total. The minimum absolute atomic E-state index is 0.395. The van der Waals surface area contributed by atoms with Crippen molar-refractivity contribution < 1.29 is 9.52 Å². The zero-order chi connectivity index (χ0) is 10.7. The van der Waals surface area contributed by atoms with Crippen LogP contribution in [-0.4, -0.2) is 5.11 Å². The van der Waals surface area contributed by atoms with Crippen LogP contribution in [0.15, 0.2) is 16.5 Å². The summed E-state index contributed by atoms with van der Waals surface area (Å²) < 4.78 is 5.55. The molecule has 1 atom stereocenters. The molecular weight excluding hydrogens is 188 g/mol. The van der Waals surface area contributed by atoms with Crippen molar-refractivity contribution in [1.29, 1.82) is 0 Å². The summed E-state index contributed by atoms with van der Waals surface area (Å²) in [4.78, 5) is 0. The highest BCUT2D eigenvalue weighted by Crippen LogP contribution is 2.33. The first-order chi connectivity index (χ1) is 7.29. The SMILES string of the molecule is CCc1ccc(C(O)CC2CCCC2)o1. The number of furan rings is 1. The molecule has 0 saturated heterocycles. The number of hydrogen-bond acceptors (Lipinski definition) is 2. The average Bonchev–Trinajstić information content (AvgIpc) is 2.86. The third-order valence-corrected chi connectivity index (χ3v) is 3.39. The smallest absolute Gasteiger partial charge is 0.132 e. The first kappa shape index (κ1) is 10.7. The summed E-state index contributed by atoms with van der Waals surface area (Å²) in [5.74, 6) is 2.42. The lowest BCUT2D eigenvalue weighted by Crippen LogP contribution is -2.03. The topological polar surface area (TPSA) is 33.4 Å². The molecule has 1 aromatic heterocycles. The van der Waals surface area contributed by atoms with E-state index >= 15 is 0 Å². The number of aliphatic hydroxyl groups excluding tert-OH is 1. The van der Waals surface area contributed by atoms with Crippen molar-refractivity contribution in [1.82, 2.24) is 0 Å². The zero-order valence-corrected chi connectivity index (χ0v) is 9.41. The van der Waals surface area contributed by atoms with E-state index in [1.165, 1.54) is 25.7 Å². The van der Waals surface area contributed by atoms with Gasteiger partial charge >= 0.3 is 0 Å². The summed E-state index contributed by atoms with van der Waals surface area (Å²) in [7, 11) is 0. The molecule has 15 heavy (non-hydrogen) atoms. The van der Waals surface area contributed by atoms with E-state index in [9.17, 15) is 5.11 Å². The van der Waals surface area contributed by atoms with Gasteiger partial charge < -0.3 is 9.52 Å². The van der Waals surface area contributed by atoms with Crippen molar-refractivity contribution in [2.24, 2.45) is 5.92 Å². The van der Waals surface area contributed by atoms with Crippen molar-refractivity contribution in [2.45, 2.75) is 51.6 Å². The molecule has 0 spiro atoms. The first-order valence-electron chi connectivity index (χ1n) is 6.06. The van der Waals surface area contributed by atoms with Gasteiger partial charge in [0.1, 0.15) is 17.6 Å². The second kappa shape index (κ2) is 4.84. The summed E-state index contributed by atoms with van der Waals surface area (Å²) in [5, 5.41) is 10.00. The van der Waals surface area contributed by atoms with E-state index in [-0.39, 0.29) is 0 Å². The Labute approximate surface area is 91.3 Å². The summed E-state index contributed by atoms with van der Waals surface area (Å²) in [5.41, 5.74) is 0. The number of rotatable bonds is 4. The van der Waals surface area contributed by atoms with Gasteiger partial charge in [-0.1, -0.05) is 32.6 Å². The predicted molar refractivity (Wildman–Crippen MR) is 59.6 cm³/mol. The van der Waals surface area contributed by atoms with Gasteiger partial charge in [0.05, 0.1) is 0 Å². The highest BCUT2D eigenvalue weighted by atomic mass is 16.4. The van der Waals surface area contributed by atoms with Crippen molar-refractivity contribution in [3.05, 3.63) is 23.7 Å². The second-order valence-electron chi connectivity index (χ2n) is 4.56. The van der Waals surface area contributed by atoms with Gasteiger partial charge in [0.15, 0.2) is 0 Å². The highest BCUT2D eigenvalue weighted by Gasteiger charge is 2.21. The van der Waals surface area contributed by atoms with Crippen LogP contribution in [0.3, 0.4) is 0 Å². The largest absolute Gasteiger partial charge is 0.463 e. The molecule has 0 aromatic carbocycles. The number of aryl methyl sites for hydroxylation is 1. The van der Waals surface area contributed by atoms with Crippen LogP contribution >= 0.6 is 0 Å². The molecule has 1 heterocycles. The van der Waals surface area contributed by atoms with E-state index < -0.39 is 6.10 Å². The van der Waals surface area contributed by atoms with Crippen molar-refractivity contribution in [2.75, 3.05) is 0 Å². The fraction of sp³-hybridized carbons (Fsp3) is 0.692. The molecule has 1 unspecified atom stereocenters. The summed E-state index contributed by atoms with van der Waals surface area (Å²) in [6.07, 6.45) is 6.59. The van der Waals surface area contributed by atoms with Crippen LogP contribution in [0.2, 0.25) is 0 Å². The third-order valence-electron chi connectivity index (χ3n) is 3.39. The minimum atomic E-state index is -0.395. The van der Waals surface area contributed by atoms with Gasteiger partial charge in [-0.25, -0.2) is 0 Å². The van der Waals surface area contributed by atoms with Crippen LogP contribution in [0.4, 0.5) is 0 Å². The molecule has 1 aliphatic carbocycles. The van der Waals surface area contributed by atoms with Crippen LogP contribution < -0.4 is 0 Å².